The second-order valence-corrected chi connectivity index (χ2v) is 12.2. The Balaban J connectivity index is 1.55. The lowest BCUT2D eigenvalue weighted by atomic mass is 10.1. The Morgan fingerprint density at radius 1 is 0.805 bits per heavy atom. The van der Waals surface area contributed by atoms with Crippen LogP contribution in [0, 0.1) is 20.8 Å². The van der Waals surface area contributed by atoms with Crippen molar-refractivity contribution in [3.63, 3.8) is 0 Å². The molecule has 8 heteroatoms. The van der Waals surface area contributed by atoms with Crippen LogP contribution in [0.25, 0.3) is 0 Å². The number of aryl methyl sites for hydroxylation is 3. The number of amides is 2. The monoisotopic (exact) mass is 567 g/mol. The zero-order chi connectivity index (χ0) is 29.1. The summed E-state index contributed by atoms with van der Waals surface area (Å²) in [6, 6.07) is 28.4. The van der Waals surface area contributed by atoms with Gasteiger partial charge < -0.3 is 10.2 Å². The summed E-state index contributed by atoms with van der Waals surface area (Å²) < 4.78 is 30.0. The number of nitrogens with zero attached hydrogens (tertiary/aromatic N) is 2. The number of rotatable bonds is 8. The van der Waals surface area contributed by atoms with Crippen molar-refractivity contribution in [1.29, 1.82) is 0 Å². The van der Waals surface area contributed by atoms with Crippen LogP contribution >= 0.6 is 0 Å². The Morgan fingerprint density at radius 3 is 1.88 bits per heavy atom. The molecular formula is C33H33N3O4S. The molecule has 0 bridgehead atoms. The largest absolute Gasteiger partial charge is 0.334 e. The molecule has 1 heterocycles. The van der Waals surface area contributed by atoms with E-state index in [4.69, 9.17) is 0 Å². The second-order valence-electron chi connectivity index (χ2n) is 10.5. The van der Waals surface area contributed by atoms with E-state index in [1.165, 1.54) is 0 Å². The summed E-state index contributed by atoms with van der Waals surface area (Å²) >= 11 is 0. The molecule has 1 N–H and O–H groups in total. The van der Waals surface area contributed by atoms with E-state index in [9.17, 15) is 18.0 Å². The molecule has 210 valence electrons. The van der Waals surface area contributed by atoms with E-state index in [0.29, 0.717) is 35.6 Å². The number of hydrogen-bond acceptors (Lipinski definition) is 4. The fourth-order valence-electron chi connectivity index (χ4n) is 5.54. The topological polar surface area (TPSA) is 86.8 Å². The summed E-state index contributed by atoms with van der Waals surface area (Å²) in [4.78, 5) is 29.4. The zero-order valence-corrected chi connectivity index (χ0v) is 24.2. The molecule has 1 unspecified atom stereocenters. The van der Waals surface area contributed by atoms with Crippen LogP contribution in [0.4, 0.5) is 11.4 Å². The Morgan fingerprint density at radius 2 is 1.32 bits per heavy atom. The first-order valence-electron chi connectivity index (χ1n) is 13.5. The maximum atomic E-state index is 14.4. The van der Waals surface area contributed by atoms with Crippen LogP contribution in [0.5, 0.6) is 0 Å². The van der Waals surface area contributed by atoms with Gasteiger partial charge in [-0.3, -0.25) is 13.9 Å². The number of hydrogen-bond donors (Lipinski definition) is 1. The first-order valence-corrected chi connectivity index (χ1v) is 15.0. The molecule has 0 saturated heterocycles. The molecule has 0 fully saturated rings. The van der Waals surface area contributed by atoms with E-state index in [2.05, 4.69) is 5.32 Å². The van der Waals surface area contributed by atoms with Gasteiger partial charge in [-0.1, -0.05) is 90.5 Å². The van der Waals surface area contributed by atoms with Gasteiger partial charge in [0.2, 0.25) is 11.8 Å². The molecule has 0 radical (unpaired) electrons. The maximum absolute atomic E-state index is 14.4. The minimum absolute atomic E-state index is 0.149. The van der Waals surface area contributed by atoms with Gasteiger partial charge in [-0.2, -0.15) is 0 Å². The van der Waals surface area contributed by atoms with Gasteiger partial charge in [-0.15, -0.1) is 0 Å². The van der Waals surface area contributed by atoms with Crippen molar-refractivity contribution in [1.82, 2.24) is 4.90 Å². The predicted octanol–water partition coefficient (Wildman–Crippen LogP) is 5.75. The van der Waals surface area contributed by atoms with Crippen molar-refractivity contribution in [3.05, 3.63) is 125 Å². The highest BCUT2D eigenvalue weighted by atomic mass is 32.2. The average molecular weight is 568 g/mol. The molecule has 0 saturated carbocycles. The Hall–Kier alpha value is -4.43. The van der Waals surface area contributed by atoms with Gasteiger partial charge in [-0.05, 0) is 55.2 Å². The molecule has 0 spiro atoms. The lowest BCUT2D eigenvalue weighted by molar-refractivity contribution is -0.134. The first-order chi connectivity index (χ1) is 19.6. The molecule has 4 aromatic rings. The third-order valence-corrected chi connectivity index (χ3v) is 9.39. The van der Waals surface area contributed by atoms with Gasteiger partial charge in [0.25, 0.3) is 10.0 Å². The SMILES string of the molecule is Cc1cc(C)c(S(=O)(=O)N2c3ccccc3NC(=O)C2CC(=O)N(Cc2ccccc2)Cc2ccccc2)c(C)c1. The summed E-state index contributed by atoms with van der Waals surface area (Å²) in [5, 5.41) is 2.83. The minimum atomic E-state index is -4.22. The van der Waals surface area contributed by atoms with Crippen LogP contribution in [0.2, 0.25) is 0 Å². The summed E-state index contributed by atoms with van der Waals surface area (Å²) in [6.45, 7) is 6.06. The number of fused-ring (bicyclic) bond motifs is 1. The number of sulfonamides is 1. The predicted molar refractivity (Wildman–Crippen MR) is 161 cm³/mol. The molecule has 0 aromatic heterocycles. The van der Waals surface area contributed by atoms with Crippen LogP contribution in [0.15, 0.2) is 102 Å². The van der Waals surface area contributed by atoms with Gasteiger partial charge in [0, 0.05) is 13.1 Å². The second kappa shape index (κ2) is 11.6. The van der Waals surface area contributed by atoms with E-state index in [1.807, 2.05) is 79.7 Å². The van der Waals surface area contributed by atoms with Crippen LogP contribution in [0.3, 0.4) is 0 Å². The van der Waals surface area contributed by atoms with Gasteiger partial charge in [0.15, 0.2) is 0 Å². The smallest absolute Gasteiger partial charge is 0.265 e. The summed E-state index contributed by atoms with van der Waals surface area (Å²) in [6.07, 6.45) is -0.316. The molecule has 0 aliphatic carbocycles. The highest BCUT2D eigenvalue weighted by Crippen LogP contribution is 2.39. The van der Waals surface area contributed by atoms with Gasteiger partial charge in [0.05, 0.1) is 22.7 Å². The Kier molecular flexibility index (Phi) is 7.94. The molecular weight excluding hydrogens is 534 g/mol. The number of para-hydroxylation sites is 2. The standard InChI is InChI=1S/C33H33N3O4S/c1-23-18-24(2)32(25(3)19-23)41(39,40)36-29-17-11-10-16-28(29)34-33(38)30(36)20-31(37)35(21-26-12-6-4-7-13-26)22-27-14-8-5-9-15-27/h4-19,30H,20-22H2,1-3H3,(H,34,38). The van der Waals surface area contributed by atoms with Crippen LogP contribution < -0.4 is 9.62 Å². The van der Waals surface area contributed by atoms with Gasteiger partial charge in [-0.25, -0.2) is 8.42 Å². The number of carbonyl (C=O) groups is 2. The quantitative estimate of drug-likeness (QED) is 0.294. The minimum Gasteiger partial charge on any atom is -0.334 e. The average Bonchev–Trinajstić information content (AvgIpc) is 2.93. The number of benzene rings is 4. The number of anilines is 2. The van der Waals surface area contributed by atoms with Crippen molar-refractivity contribution in [2.75, 3.05) is 9.62 Å². The van der Waals surface area contributed by atoms with Crippen molar-refractivity contribution in [2.24, 2.45) is 0 Å². The molecule has 5 rings (SSSR count). The molecule has 1 aliphatic rings. The summed E-state index contributed by atoms with van der Waals surface area (Å²) in [7, 11) is -4.22. The van der Waals surface area contributed by atoms with E-state index >= 15 is 0 Å². The molecule has 1 atom stereocenters. The fraction of sp³-hybridized carbons (Fsp3) is 0.212. The molecule has 41 heavy (non-hydrogen) atoms. The highest BCUT2D eigenvalue weighted by molar-refractivity contribution is 7.93. The Bertz CT molecular complexity index is 1620. The normalized spacial score (nSPS) is 14.8. The van der Waals surface area contributed by atoms with Crippen molar-refractivity contribution in [2.45, 2.75) is 51.2 Å². The van der Waals surface area contributed by atoms with E-state index in [-0.39, 0.29) is 17.2 Å². The first kappa shape index (κ1) is 28.1. The number of nitrogens with one attached hydrogen (secondary N) is 1. The van der Waals surface area contributed by atoms with Crippen molar-refractivity contribution >= 4 is 33.2 Å². The maximum Gasteiger partial charge on any atom is 0.265 e. The number of carbonyl (C=O) groups excluding carboxylic acids is 2. The molecule has 4 aromatic carbocycles. The Labute approximate surface area is 241 Å². The summed E-state index contributed by atoms with van der Waals surface area (Å²) in [5.74, 6) is -0.864. The van der Waals surface area contributed by atoms with Crippen LogP contribution in [-0.2, 0) is 32.7 Å². The fourth-order valence-corrected chi connectivity index (χ4v) is 7.59. The van der Waals surface area contributed by atoms with E-state index < -0.39 is 22.0 Å². The van der Waals surface area contributed by atoms with Crippen LogP contribution in [-0.4, -0.2) is 31.2 Å². The zero-order valence-electron chi connectivity index (χ0n) is 23.4. The lowest BCUT2D eigenvalue weighted by Crippen LogP contribution is -2.53. The van der Waals surface area contributed by atoms with E-state index in [1.54, 1.807) is 43.0 Å². The van der Waals surface area contributed by atoms with Crippen LogP contribution in [0.1, 0.15) is 34.2 Å². The van der Waals surface area contributed by atoms with Gasteiger partial charge >= 0.3 is 0 Å². The lowest BCUT2D eigenvalue weighted by Gasteiger charge is -2.38. The highest BCUT2D eigenvalue weighted by Gasteiger charge is 2.43. The molecule has 1 aliphatic heterocycles. The van der Waals surface area contributed by atoms with Crippen molar-refractivity contribution < 1.29 is 18.0 Å². The molecule has 7 nitrogen and oxygen atoms in total. The molecule has 2 amide bonds. The van der Waals surface area contributed by atoms with Gasteiger partial charge in [0.1, 0.15) is 6.04 Å². The van der Waals surface area contributed by atoms with Crippen molar-refractivity contribution in [3.8, 4) is 0 Å². The van der Waals surface area contributed by atoms with E-state index in [0.717, 1.165) is 21.0 Å². The third kappa shape index (κ3) is 5.88. The summed E-state index contributed by atoms with van der Waals surface area (Å²) in [5.41, 5.74) is 4.72. The third-order valence-electron chi connectivity index (χ3n) is 7.26.